The molecule has 0 saturated carbocycles. The van der Waals surface area contributed by atoms with Crippen molar-refractivity contribution in [1.82, 2.24) is 10.1 Å². The van der Waals surface area contributed by atoms with Crippen LogP contribution in [-0.4, -0.2) is 28.6 Å². The molecule has 0 saturated heterocycles. The highest BCUT2D eigenvalue weighted by molar-refractivity contribution is 6.37. The zero-order valence-corrected chi connectivity index (χ0v) is 15.1. The fourth-order valence-electron chi connectivity index (χ4n) is 2.21. The Balaban J connectivity index is 1.56. The van der Waals surface area contributed by atoms with Gasteiger partial charge >= 0.3 is 5.97 Å². The van der Waals surface area contributed by atoms with Crippen molar-refractivity contribution in [3.05, 3.63) is 51.8 Å². The SMILES string of the molecule is Cc1c(Cl)cnc(NC(=O)COC(=O)Cc2noc3ccccc23)c1Cl. The molecule has 2 heterocycles. The zero-order chi connectivity index (χ0) is 18.7. The van der Waals surface area contributed by atoms with Gasteiger partial charge in [0.05, 0.1) is 16.5 Å². The maximum Gasteiger partial charge on any atom is 0.312 e. The molecule has 3 aromatic rings. The first kappa shape index (κ1) is 18.2. The number of para-hydroxylation sites is 1. The molecule has 7 nitrogen and oxygen atoms in total. The molecular weight excluding hydrogens is 381 g/mol. The molecular formula is C17H13Cl2N3O4. The summed E-state index contributed by atoms with van der Waals surface area (Å²) in [4.78, 5) is 27.8. The minimum absolute atomic E-state index is 0.108. The number of halogens is 2. The Hall–Kier alpha value is -2.64. The summed E-state index contributed by atoms with van der Waals surface area (Å²) in [6, 6.07) is 7.15. The fraction of sp³-hybridized carbons (Fsp3) is 0.176. The molecule has 1 aromatic carbocycles. The number of rotatable bonds is 5. The summed E-state index contributed by atoms with van der Waals surface area (Å²) in [6.45, 7) is 1.22. The Morgan fingerprint density at radius 2 is 2.04 bits per heavy atom. The summed E-state index contributed by atoms with van der Waals surface area (Å²) in [6.07, 6.45) is 1.27. The van der Waals surface area contributed by atoms with Crippen molar-refractivity contribution in [1.29, 1.82) is 0 Å². The number of benzene rings is 1. The number of amides is 1. The summed E-state index contributed by atoms with van der Waals surface area (Å²) in [5.41, 5.74) is 1.62. The Morgan fingerprint density at radius 1 is 1.27 bits per heavy atom. The summed E-state index contributed by atoms with van der Waals surface area (Å²) in [5, 5.41) is 7.65. The van der Waals surface area contributed by atoms with E-state index >= 15 is 0 Å². The third kappa shape index (κ3) is 3.95. The number of esters is 1. The quantitative estimate of drug-likeness (QED) is 0.665. The van der Waals surface area contributed by atoms with E-state index in [1.165, 1.54) is 6.20 Å². The number of anilines is 1. The number of carbonyl (C=O) groups is 2. The van der Waals surface area contributed by atoms with Gasteiger partial charge in [0, 0.05) is 11.6 Å². The largest absolute Gasteiger partial charge is 0.455 e. The molecule has 0 bridgehead atoms. The number of pyridine rings is 1. The summed E-state index contributed by atoms with van der Waals surface area (Å²) in [5.74, 6) is -1.03. The molecule has 2 aromatic heterocycles. The first-order valence-corrected chi connectivity index (χ1v) is 8.30. The Kier molecular flexibility index (Phi) is 5.39. The van der Waals surface area contributed by atoms with Crippen LogP contribution >= 0.6 is 23.2 Å². The Morgan fingerprint density at radius 3 is 2.85 bits per heavy atom. The van der Waals surface area contributed by atoms with Gasteiger partial charge in [-0.25, -0.2) is 4.98 Å². The second-order valence-electron chi connectivity index (χ2n) is 5.40. The minimum atomic E-state index is -0.606. The van der Waals surface area contributed by atoms with Crippen LogP contribution in [-0.2, 0) is 20.7 Å². The van der Waals surface area contributed by atoms with Crippen LogP contribution in [0.1, 0.15) is 11.3 Å². The first-order chi connectivity index (χ1) is 12.5. The number of aromatic nitrogens is 2. The van der Waals surface area contributed by atoms with Crippen molar-refractivity contribution in [2.75, 3.05) is 11.9 Å². The summed E-state index contributed by atoms with van der Waals surface area (Å²) in [7, 11) is 0. The second-order valence-corrected chi connectivity index (χ2v) is 6.19. The van der Waals surface area contributed by atoms with Gasteiger partial charge in [-0.1, -0.05) is 40.5 Å². The van der Waals surface area contributed by atoms with E-state index in [0.717, 1.165) is 5.39 Å². The van der Waals surface area contributed by atoms with Crippen LogP contribution in [0.3, 0.4) is 0 Å². The molecule has 134 valence electrons. The molecule has 0 aliphatic carbocycles. The smallest absolute Gasteiger partial charge is 0.312 e. The van der Waals surface area contributed by atoms with E-state index in [2.05, 4.69) is 15.5 Å². The van der Waals surface area contributed by atoms with Crippen molar-refractivity contribution in [2.45, 2.75) is 13.3 Å². The molecule has 1 amide bonds. The van der Waals surface area contributed by atoms with Crippen molar-refractivity contribution >= 4 is 51.9 Å². The molecule has 0 radical (unpaired) electrons. The number of carbonyl (C=O) groups excluding carboxylic acids is 2. The molecule has 26 heavy (non-hydrogen) atoms. The van der Waals surface area contributed by atoms with Crippen LogP contribution in [0.4, 0.5) is 5.82 Å². The molecule has 0 atom stereocenters. The lowest BCUT2D eigenvalue weighted by Crippen LogP contribution is -2.22. The van der Waals surface area contributed by atoms with Gasteiger partial charge < -0.3 is 14.6 Å². The first-order valence-electron chi connectivity index (χ1n) is 7.55. The zero-order valence-electron chi connectivity index (χ0n) is 13.6. The van der Waals surface area contributed by atoms with Gasteiger partial charge in [-0.05, 0) is 24.6 Å². The second kappa shape index (κ2) is 7.72. The van der Waals surface area contributed by atoms with Crippen molar-refractivity contribution in [3.8, 4) is 0 Å². The number of nitrogens with zero attached hydrogens (tertiary/aromatic N) is 2. The topological polar surface area (TPSA) is 94.3 Å². The molecule has 0 aliphatic heterocycles. The van der Waals surface area contributed by atoms with E-state index < -0.39 is 18.5 Å². The molecule has 0 unspecified atom stereocenters. The maximum absolute atomic E-state index is 11.9. The number of hydrogen-bond donors (Lipinski definition) is 1. The van der Waals surface area contributed by atoms with Gasteiger partial charge in [0.15, 0.2) is 18.0 Å². The number of fused-ring (bicyclic) bond motifs is 1. The monoisotopic (exact) mass is 393 g/mol. The Labute approximate surface area is 158 Å². The minimum Gasteiger partial charge on any atom is -0.455 e. The molecule has 3 rings (SSSR count). The lowest BCUT2D eigenvalue weighted by Gasteiger charge is -2.09. The highest BCUT2D eigenvalue weighted by Crippen LogP contribution is 2.28. The van der Waals surface area contributed by atoms with E-state index in [0.29, 0.717) is 21.9 Å². The van der Waals surface area contributed by atoms with Crippen molar-refractivity contribution in [3.63, 3.8) is 0 Å². The van der Waals surface area contributed by atoms with Crippen molar-refractivity contribution < 1.29 is 18.8 Å². The van der Waals surface area contributed by atoms with Crippen LogP contribution < -0.4 is 5.32 Å². The van der Waals surface area contributed by atoms with Gasteiger partial charge in [-0.2, -0.15) is 0 Å². The van der Waals surface area contributed by atoms with E-state index in [-0.39, 0.29) is 17.3 Å². The maximum atomic E-state index is 11.9. The Bertz CT molecular complexity index is 987. The van der Waals surface area contributed by atoms with Crippen LogP contribution in [0, 0.1) is 6.92 Å². The van der Waals surface area contributed by atoms with Crippen LogP contribution in [0.25, 0.3) is 11.0 Å². The highest BCUT2D eigenvalue weighted by atomic mass is 35.5. The van der Waals surface area contributed by atoms with E-state index in [4.69, 9.17) is 32.5 Å². The molecule has 0 aliphatic rings. The molecule has 1 N–H and O–H groups in total. The lowest BCUT2D eigenvalue weighted by atomic mass is 10.2. The molecule has 0 fully saturated rings. The van der Waals surface area contributed by atoms with Gasteiger partial charge in [0.1, 0.15) is 5.69 Å². The number of nitrogens with one attached hydrogen (secondary N) is 1. The third-order valence-electron chi connectivity index (χ3n) is 3.59. The average Bonchev–Trinajstić information content (AvgIpc) is 3.03. The third-order valence-corrected chi connectivity index (χ3v) is 4.43. The predicted octanol–water partition coefficient (Wildman–Crippen LogP) is 3.56. The molecule has 9 heteroatoms. The van der Waals surface area contributed by atoms with E-state index in [1.54, 1.807) is 25.1 Å². The summed E-state index contributed by atoms with van der Waals surface area (Å²) >= 11 is 12.0. The van der Waals surface area contributed by atoms with Gasteiger partial charge in [0.25, 0.3) is 5.91 Å². The fourth-order valence-corrected chi connectivity index (χ4v) is 2.60. The van der Waals surface area contributed by atoms with E-state index in [9.17, 15) is 9.59 Å². The number of ether oxygens (including phenoxy) is 1. The average molecular weight is 394 g/mol. The normalized spacial score (nSPS) is 10.7. The predicted molar refractivity (Wildman–Crippen MR) is 96.3 cm³/mol. The van der Waals surface area contributed by atoms with Crippen LogP contribution in [0.2, 0.25) is 10.0 Å². The number of hydrogen-bond acceptors (Lipinski definition) is 6. The van der Waals surface area contributed by atoms with Crippen molar-refractivity contribution in [2.24, 2.45) is 0 Å². The van der Waals surface area contributed by atoms with Gasteiger partial charge in [-0.3, -0.25) is 9.59 Å². The van der Waals surface area contributed by atoms with E-state index in [1.807, 2.05) is 6.07 Å². The standard InChI is InChI=1S/C17H13Cl2N3O4/c1-9-11(18)7-20-17(16(9)19)21-14(23)8-25-15(24)6-12-10-4-2-3-5-13(10)26-22-12/h2-5,7H,6,8H2,1H3,(H,20,21,23). The van der Waals surface area contributed by atoms with Gasteiger partial charge in [0.2, 0.25) is 0 Å². The summed E-state index contributed by atoms with van der Waals surface area (Å²) < 4.78 is 10.1. The highest BCUT2D eigenvalue weighted by Gasteiger charge is 2.16. The van der Waals surface area contributed by atoms with Crippen LogP contribution in [0.15, 0.2) is 35.0 Å². The van der Waals surface area contributed by atoms with Crippen LogP contribution in [0.5, 0.6) is 0 Å². The van der Waals surface area contributed by atoms with Gasteiger partial charge in [-0.15, -0.1) is 0 Å². The lowest BCUT2D eigenvalue weighted by molar-refractivity contribution is -0.146. The molecule has 0 spiro atoms.